The van der Waals surface area contributed by atoms with E-state index in [1.54, 1.807) is 0 Å². The van der Waals surface area contributed by atoms with Crippen molar-refractivity contribution in [2.45, 2.75) is 45.3 Å². The minimum absolute atomic E-state index is 0.117. The molecule has 1 aliphatic carbocycles. The molecular formula is C18H26N2O2. The summed E-state index contributed by atoms with van der Waals surface area (Å²) in [6, 6.07) is 8.43. The molecule has 2 aliphatic rings. The predicted molar refractivity (Wildman–Crippen MR) is 87.6 cm³/mol. The molecule has 2 atom stereocenters. The van der Waals surface area contributed by atoms with E-state index in [1.807, 2.05) is 18.2 Å². The van der Waals surface area contributed by atoms with Gasteiger partial charge in [-0.3, -0.25) is 4.79 Å². The van der Waals surface area contributed by atoms with Crippen LogP contribution in [0, 0.1) is 11.8 Å². The molecule has 0 bridgehead atoms. The molecule has 2 N–H and O–H groups in total. The van der Waals surface area contributed by atoms with Gasteiger partial charge >= 0.3 is 0 Å². The third-order valence-electron chi connectivity index (χ3n) is 4.51. The second-order valence-corrected chi connectivity index (χ2v) is 6.72. The first-order valence-corrected chi connectivity index (χ1v) is 8.41. The van der Waals surface area contributed by atoms with Gasteiger partial charge in [0.05, 0.1) is 6.61 Å². The molecule has 22 heavy (non-hydrogen) atoms. The van der Waals surface area contributed by atoms with Crippen LogP contribution in [0.3, 0.4) is 0 Å². The minimum Gasteiger partial charge on any atom is -0.376 e. The van der Waals surface area contributed by atoms with E-state index in [0.717, 1.165) is 43.2 Å². The van der Waals surface area contributed by atoms with Crippen LogP contribution >= 0.6 is 0 Å². The van der Waals surface area contributed by atoms with Crippen LogP contribution in [0.1, 0.15) is 38.2 Å². The van der Waals surface area contributed by atoms with E-state index in [-0.39, 0.29) is 11.8 Å². The number of piperidine rings is 1. The van der Waals surface area contributed by atoms with Crippen LogP contribution in [0.4, 0.5) is 5.69 Å². The van der Waals surface area contributed by atoms with Gasteiger partial charge in [-0.25, -0.2) is 0 Å². The minimum atomic E-state index is 0.117. The van der Waals surface area contributed by atoms with Crippen molar-refractivity contribution >= 4 is 11.6 Å². The summed E-state index contributed by atoms with van der Waals surface area (Å²) in [6.45, 7) is 4.56. The molecule has 1 saturated carbocycles. The van der Waals surface area contributed by atoms with Gasteiger partial charge in [0.2, 0.25) is 5.91 Å². The van der Waals surface area contributed by atoms with Gasteiger partial charge in [0.1, 0.15) is 0 Å². The highest BCUT2D eigenvalue weighted by Gasteiger charge is 2.24. The van der Waals surface area contributed by atoms with Crippen LogP contribution in [0.2, 0.25) is 0 Å². The Labute approximate surface area is 132 Å². The largest absolute Gasteiger partial charge is 0.376 e. The Hall–Kier alpha value is -1.39. The number of carbonyl (C=O) groups is 1. The molecule has 2 fully saturated rings. The Kier molecular flexibility index (Phi) is 5.11. The lowest BCUT2D eigenvalue weighted by Gasteiger charge is -2.27. The number of hydrogen-bond donors (Lipinski definition) is 2. The summed E-state index contributed by atoms with van der Waals surface area (Å²) in [4.78, 5) is 12.4. The molecule has 0 unspecified atom stereocenters. The van der Waals surface area contributed by atoms with E-state index in [2.05, 4.69) is 23.6 Å². The van der Waals surface area contributed by atoms with Gasteiger partial charge in [-0.15, -0.1) is 0 Å². The first-order chi connectivity index (χ1) is 10.7. The van der Waals surface area contributed by atoms with Gasteiger partial charge in [0.15, 0.2) is 0 Å². The summed E-state index contributed by atoms with van der Waals surface area (Å²) in [5.41, 5.74) is 2.00. The number of hydrogen-bond acceptors (Lipinski definition) is 3. The van der Waals surface area contributed by atoms with Gasteiger partial charge in [-0.1, -0.05) is 12.1 Å². The number of anilines is 1. The van der Waals surface area contributed by atoms with Crippen molar-refractivity contribution in [1.29, 1.82) is 0 Å². The topological polar surface area (TPSA) is 50.4 Å². The normalized spacial score (nSPS) is 25.0. The van der Waals surface area contributed by atoms with Crippen molar-refractivity contribution < 1.29 is 9.53 Å². The second-order valence-electron chi connectivity index (χ2n) is 6.72. The summed E-state index contributed by atoms with van der Waals surface area (Å²) in [7, 11) is 0. The number of rotatable bonds is 6. The average Bonchev–Trinajstić information content (AvgIpc) is 3.32. The Balaban J connectivity index is 1.51. The molecular weight excluding hydrogens is 276 g/mol. The highest BCUT2D eigenvalue weighted by molar-refractivity contribution is 5.92. The fourth-order valence-electron chi connectivity index (χ4n) is 2.98. The third kappa shape index (κ3) is 4.55. The lowest BCUT2D eigenvalue weighted by atomic mass is 9.92. The summed E-state index contributed by atoms with van der Waals surface area (Å²) in [6.07, 6.45) is 4.45. The molecule has 1 heterocycles. The molecule has 1 amide bonds. The molecule has 1 aromatic rings. The van der Waals surface area contributed by atoms with Crippen LogP contribution in [0.25, 0.3) is 0 Å². The highest BCUT2D eigenvalue weighted by Crippen LogP contribution is 2.29. The fourth-order valence-corrected chi connectivity index (χ4v) is 2.98. The number of amides is 1. The van der Waals surface area contributed by atoms with E-state index < -0.39 is 0 Å². The number of nitrogens with one attached hydrogen (secondary N) is 2. The fraction of sp³-hybridized carbons (Fsp3) is 0.611. The lowest BCUT2D eigenvalue weighted by molar-refractivity contribution is -0.120. The first kappa shape index (κ1) is 15.5. The molecule has 0 aromatic heterocycles. The molecule has 1 saturated heterocycles. The average molecular weight is 302 g/mol. The number of benzene rings is 1. The smallest absolute Gasteiger partial charge is 0.227 e. The van der Waals surface area contributed by atoms with E-state index >= 15 is 0 Å². The molecule has 120 valence electrons. The van der Waals surface area contributed by atoms with Crippen molar-refractivity contribution in [3.63, 3.8) is 0 Å². The zero-order chi connectivity index (χ0) is 15.4. The molecule has 0 spiro atoms. The van der Waals surface area contributed by atoms with Gasteiger partial charge in [-0.2, -0.15) is 0 Å². The van der Waals surface area contributed by atoms with Crippen molar-refractivity contribution in [3.8, 4) is 0 Å². The van der Waals surface area contributed by atoms with Crippen LogP contribution in [-0.2, 0) is 16.1 Å². The van der Waals surface area contributed by atoms with Gasteiger partial charge in [0, 0.05) is 24.3 Å². The molecule has 1 aromatic carbocycles. The summed E-state index contributed by atoms with van der Waals surface area (Å²) < 4.78 is 5.71. The zero-order valence-corrected chi connectivity index (χ0v) is 13.3. The summed E-state index contributed by atoms with van der Waals surface area (Å²) in [5.74, 6) is 1.04. The third-order valence-corrected chi connectivity index (χ3v) is 4.51. The molecule has 0 radical (unpaired) electrons. The van der Waals surface area contributed by atoms with E-state index in [9.17, 15) is 4.79 Å². The predicted octanol–water partition coefficient (Wildman–Crippen LogP) is 2.94. The molecule has 1 aliphatic heterocycles. The molecule has 4 heteroatoms. The standard InChI is InChI=1S/C18H26N2O2/c1-13-9-16(7-8-19-13)18(21)20-17-4-2-3-15(10-17)12-22-11-14-5-6-14/h2-4,10,13-14,16,19H,5-9,11-12H2,1H3,(H,20,21)/t13-,16-/m0/s1. The molecule has 3 rings (SSSR count). The second kappa shape index (κ2) is 7.25. The van der Waals surface area contributed by atoms with E-state index in [0.29, 0.717) is 12.6 Å². The van der Waals surface area contributed by atoms with Gasteiger partial charge < -0.3 is 15.4 Å². The van der Waals surface area contributed by atoms with Crippen LogP contribution in [0.5, 0.6) is 0 Å². The zero-order valence-electron chi connectivity index (χ0n) is 13.3. The van der Waals surface area contributed by atoms with Crippen molar-refractivity contribution in [3.05, 3.63) is 29.8 Å². The van der Waals surface area contributed by atoms with Crippen LogP contribution in [-0.4, -0.2) is 25.1 Å². The Morgan fingerprint density at radius 1 is 1.36 bits per heavy atom. The number of ether oxygens (including phenoxy) is 1. The van der Waals surface area contributed by atoms with Gasteiger partial charge in [0.25, 0.3) is 0 Å². The summed E-state index contributed by atoms with van der Waals surface area (Å²) >= 11 is 0. The summed E-state index contributed by atoms with van der Waals surface area (Å²) in [5, 5.41) is 6.44. The van der Waals surface area contributed by atoms with Crippen molar-refractivity contribution in [2.75, 3.05) is 18.5 Å². The maximum Gasteiger partial charge on any atom is 0.227 e. The van der Waals surface area contributed by atoms with Gasteiger partial charge in [-0.05, 0) is 62.8 Å². The van der Waals surface area contributed by atoms with Crippen LogP contribution in [0.15, 0.2) is 24.3 Å². The van der Waals surface area contributed by atoms with E-state index in [4.69, 9.17) is 4.74 Å². The lowest BCUT2D eigenvalue weighted by Crippen LogP contribution is -2.40. The Morgan fingerprint density at radius 3 is 3.00 bits per heavy atom. The maximum absolute atomic E-state index is 12.4. The van der Waals surface area contributed by atoms with Crippen molar-refractivity contribution in [1.82, 2.24) is 5.32 Å². The first-order valence-electron chi connectivity index (χ1n) is 8.41. The Bertz CT molecular complexity index is 514. The molecule has 4 nitrogen and oxygen atoms in total. The quantitative estimate of drug-likeness (QED) is 0.849. The van der Waals surface area contributed by atoms with E-state index in [1.165, 1.54) is 12.8 Å². The Morgan fingerprint density at radius 2 is 2.23 bits per heavy atom. The highest BCUT2D eigenvalue weighted by atomic mass is 16.5. The van der Waals surface area contributed by atoms with Crippen LogP contribution < -0.4 is 10.6 Å². The number of carbonyl (C=O) groups excluding carboxylic acids is 1. The SMILES string of the molecule is C[C@H]1C[C@@H](C(=O)Nc2cccc(COCC3CC3)c2)CCN1. The maximum atomic E-state index is 12.4. The monoisotopic (exact) mass is 302 g/mol. The van der Waals surface area contributed by atoms with Crippen molar-refractivity contribution in [2.24, 2.45) is 11.8 Å².